The summed E-state index contributed by atoms with van der Waals surface area (Å²) in [4.78, 5) is 18.4. The average molecular weight is 521 g/mol. The van der Waals surface area contributed by atoms with Crippen molar-refractivity contribution in [3.8, 4) is 0 Å². The second-order valence-electron chi connectivity index (χ2n) is 10.8. The molecule has 196 valence electrons. The minimum atomic E-state index is -4.49. The van der Waals surface area contributed by atoms with Crippen LogP contribution in [0.3, 0.4) is 0 Å². The van der Waals surface area contributed by atoms with Crippen LogP contribution in [0, 0.1) is 17.3 Å². The summed E-state index contributed by atoms with van der Waals surface area (Å²) < 4.78 is 43.1. The molecule has 1 aliphatic carbocycles. The molecule has 8 radical (unpaired) electrons. The standard InChI is InChI=1S/C14H19B4NO2.C10H11F3N4/c1-12-4-2-3-10(12)7-19(8-12)11(20)9-5-13(15,16)21-14(17,18)6-9;11-10(12,13)7-3-4-17-5-6(7)8(14)1-2-9(15)16/h9-10H,2-8H2,1H3;1-5H,14-16H2/b;8-1-/t10-,12+;/m1./s1. The summed E-state index contributed by atoms with van der Waals surface area (Å²) in [5.74, 6) is 0.258. The molecule has 1 saturated carbocycles. The van der Waals surface area contributed by atoms with Gasteiger partial charge < -0.3 is 26.8 Å². The third-order valence-electron chi connectivity index (χ3n) is 7.34. The molecule has 0 aromatic carbocycles. The first-order valence-corrected chi connectivity index (χ1v) is 12.3. The van der Waals surface area contributed by atoms with E-state index < -0.39 is 22.5 Å². The minimum Gasteiger partial charge on any atom is -0.407 e. The first-order valence-electron chi connectivity index (χ1n) is 12.3. The van der Waals surface area contributed by atoms with Gasteiger partial charge in [-0.2, -0.15) is 13.2 Å². The fourth-order valence-electron chi connectivity index (χ4n) is 5.62. The molecule has 38 heavy (non-hydrogen) atoms. The van der Waals surface area contributed by atoms with E-state index in [-0.39, 0.29) is 47.2 Å². The van der Waals surface area contributed by atoms with E-state index in [1.54, 1.807) is 0 Å². The molecule has 0 spiro atoms. The predicted molar refractivity (Wildman–Crippen MR) is 142 cm³/mol. The lowest BCUT2D eigenvalue weighted by molar-refractivity contribution is -0.142. The van der Waals surface area contributed by atoms with Crippen LogP contribution in [0.1, 0.15) is 50.2 Å². The predicted octanol–water partition coefficient (Wildman–Crippen LogP) is 1.20. The molecule has 6 N–H and O–H groups in total. The maximum atomic E-state index is 12.8. The van der Waals surface area contributed by atoms with Crippen molar-refractivity contribution in [1.29, 1.82) is 0 Å². The Morgan fingerprint density at radius 2 is 1.79 bits per heavy atom. The molecule has 2 aliphatic heterocycles. The number of allylic oxidation sites excluding steroid dienone is 2. The molecule has 1 aromatic heterocycles. The molecule has 3 aliphatic rings. The molecule has 2 saturated heterocycles. The summed E-state index contributed by atoms with van der Waals surface area (Å²) in [5, 5.41) is -2.89. The highest BCUT2D eigenvalue weighted by molar-refractivity contribution is 6.42. The Morgan fingerprint density at radius 3 is 2.34 bits per heavy atom. The average Bonchev–Trinajstić information content (AvgIpc) is 3.29. The number of likely N-dealkylation sites (tertiary alicyclic amines) is 1. The fourth-order valence-corrected chi connectivity index (χ4v) is 5.62. The second kappa shape index (κ2) is 10.9. The molecule has 1 aromatic rings. The van der Waals surface area contributed by atoms with Crippen LogP contribution in [-0.4, -0.2) is 71.1 Å². The van der Waals surface area contributed by atoms with E-state index in [0.717, 1.165) is 31.5 Å². The van der Waals surface area contributed by atoms with Gasteiger partial charge in [-0.1, -0.05) is 13.3 Å². The van der Waals surface area contributed by atoms with Gasteiger partial charge in [0.15, 0.2) is 0 Å². The van der Waals surface area contributed by atoms with Gasteiger partial charge in [-0.25, -0.2) is 0 Å². The zero-order valence-corrected chi connectivity index (χ0v) is 21.4. The van der Waals surface area contributed by atoms with E-state index in [4.69, 9.17) is 53.3 Å². The number of hydrogen-bond acceptors (Lipinski definition) is 6. The zero-order valence-electron chi connectivity index (χ0n) is 21.4. The quantitative estimate of drug-likeness (QED) is 0.407. The molecular formula is C24H30B4F3N5O2. The van der Waals surface area contributed by atoms with E-state index in [9.17, 15) is 18.0 Å². The minimum absolute atomic E-state index is 0.0506. The third-order valence-corrected chi connectivity index (χ3v) is 7.34. The number of rotatable bonds is 3. The fraction of sp³-hybridized carbons (Fsp3) is 0.583. The Kier molecular flexibility index (Phi) is 8.65. The second-order valence-corrected chi connectivity index (χ2v) is 10.8. The molecular weight excluding hydrogens is 491 g/mol. The zero-order chi connectivity index (χ0) is 28.5. The number of amides is 1. The molecule has 14 heteroatoms. The Morgan fingerprint density at radius 1 is 1.16 bits per heavy atom. The highest BCUT2D eigenvalue weighted by Gasteiger charge is 2.49. The number of ether oxygens (including phenoxy) is 1. The maximum absolute atomic E-state index is 12.8. The molecule has 0 unspecified atom stereocenters. The molecule has 1 amide bonds. The van der Waals surface area contributed by atoms with Crippen LogP contribution in [0.15, 0.2) is 36.4 Å². The Labute approximate surface area is 226 Å². The van der Waals surface area contributed by atoms with Crippen molar-refractivity contribution in [3.05, 3.63) is 47.6 Å². The topological polar surface area (TPSA) is 120 Å². The molecule has 4 rings (SSSR count). The van der Waals surface area contributed by atoms with Gasteiger partial charge in [0.1, 0.15) is 0 Å². The number of halogens is 3. The normalized spacial score (nSPS) is 26.7. The van der Waals surface area contributed by atoms with Crippen LogP contribution in [0.25, 0.3) is 5.70 Å². The van der Waals surface area contributed by atoms with E-state index in [2.05, 4.69) is 11.9 Å². The van der Waals surface area contributed by atoms with Gasteiger partial charge in [-0.3, -0.25) is 9.78 Å². The van der Waals surface area contributed by atoms with Crippen LogP contribution in [0.5, 0.6) is 0 Å². The van der Waals surface area contributed by atoms with Gasteiger partial charge in [0.05, 0.1) is 42.8 Å². The summed E-state index contributed by atoms with van der Waals surface area (Å²) in [6.07, 6.45) is 4.18. The Bertz CT molecular complexity index is 1080. The van der Waals surface area contributed by atoms with Crippen molar-refractivity contribution in [1.82, 2.24) is 9.88 Å². The summed E-state index contributed by atoms with van der Waals surface area (Å²) in [5.41, 5.74) is 14.9. The Hall–Kier alpha value is -2.49. The van der Waals surface area contributed by atoms with Gasteiger partial charge in [0.2, 0.25) is 5.91 Å². The third kappa shape index (κ3) is 7.33. The number of fused-ring (bicyclic) bond motifs is 1. The van der Waals surface area contributed by atoms with Gasteiger partial charge in [0.25, 0.3) is 0 Å². The molecule has 7 nitrogen and oxygen atoms in total. The summed E-state index contributed by atoms with van der Waals surface area (Å²) >= 11 is 0. The SMILES string of the molecule is NC(N)=C/C=C(\N)c1cnccc1C(F)(F)F.[B]C1([B])CC(C(=O)N2C[C@H]3CCC[C@@]3(C)C2)CC([B])([B])O1. The van der Waals surface area contributed by atoms with Gasteiger partial charge in [-0.05, 0) is 66.0 Å². The van der Waals surface area contributed by atoms with Gasteiger partial charge >= 0.3 is 6.18 Å². The highest BCUT2D eigenvalue weighted by atomic mass is 19.4. The number of carbonyl (C=O) groups is 1. The maximum Gasteiger partial charge on any atom is 0.417 e. The van der Waals surface area contributed by atoms with Crippen molar-refractivity contribution in [2.45, 2.75) is 56.0 Å². The monoisotopic (exact) mass is 521 g/mol. The van der Waals surface area contributed by atoms with Crippen molar-refractivity contribution in [2.24, 2.45) is 34.5 Å². The van der Waals surface area contributed by atoms with Gasteiger partial charge in [0, 0.05) is 42.7 Å². The van der Waals surface area contributed by atoms with E-state index >= 15 is 0 Å². The van der Waals surface area contributed by atoms with Crippen LogP contribution < -0.4 is 17.2 Å². The van der Waals surface area contributed by atoms with Crippen LogP contribution in [0.2, 0.25) is 0 Å². The van der Waals surface area contributed by atoms with Gasteiger partial charge in [-0.15, -0.1) is 0 Å². The number of pyridine rings is 1. The van der Waals surface area contributed by atoms with E-state index in [0.29, 0.717) is 5.92 Å². The number of aromatic nitrogens is 1. The first-order chi connectivity index (χ1) is 17.4. The van der Waals surface area contributed by atoms with Crippen LogP contribution in [0.4, 0.5) is 13.2 Å². The number of alkyl halides is 3. The van der Waals surface area contributed by atoms with Crippen molar-refractivity contribution >= 4 is 43.0 Å². The molecule has 3 fully saturated rings. The lowest BCUT2D eigenvalue weighted by Crippen LogP contribution is -2.56. The lowest BCUT2D eigenvalue weighted by Gasteiger charge is -2.47. The van der Waals surface area contributed by atoms with Crippen LogP contribution in [-0.2, 0) is 15.7 Å². The number of hydrogen-bond donors (Lipinski definition) is 3. The number of carbonyl (C=O) groups excluding carboxylic acids is 1. The van der Waals surface area contributed by atoms with Crippen LogP contribution >= 0.6 is 0 Å². The van der Waals surface area contributed by atoms with Crippen molar-refractivity contribution in [2.75, 3.05) is 13.1 Å². The summed E-state index contributed by atoms with van der Waals surface area (Å²) in [7, 11) is 23.3. The van der Waals surface area contributed by atoms with E-state index in [1.165, 1.54) is 31.4 Å². The smallest absolute Gasteiger partial charge is 0.407 e. The summed E-state index contributed by atoms with van der Waals surface area (Å²) in [6, 6.07) is 0.853. The number of nitrogens with two attached hydrogens (primary N) is 3. The van der Waals surface area contributed by atoms with E-state index in [1.807, 2.05) is 4.90 Å². The first kappa shape index (κ1) is 30.1. The summed E-state index contributed by atoms with van der Waals surface area (Å²) in [6.45, 7) is 3.93. The molecule has 2 atom stereocenters. The molecule has 0 bridgehead atoms. The Balaban J connectivity index is 0.000000216. The number of nitrogens with zero attached hydrogens (tertiary/aromatic N) is 2. The van der Waals surface area contributed by atoms with Crippen molar-refractivity contribution in [3.63, 3.8) is 0 Å². The van der Waals surface area contributed by atoms with Crippen molar-refractivity contribution < 1.29 is 22.7 Å². The highest BCUT2D eigenvalue weighted by Crippen LogP contribution is 2.49. The molecule has 3 heterocycles. The largest absolute Gasteiger partial charge is 0.417 e. The lowest BCUT2D eigenvalue weighted by atomic mass is 9.51.